The minimum Gasteiger partial charge on any atom is -0.495 e. The van der Waals surface area contributed by atoms with E-state index in [1.807, 2.05) is 17.9 Å². The Kier molecular flexibility index (Phi) is 7.06. The minimum absolute atomic E-state index is 0.0110. The summed E-state index contributed by atoms with van der Waals surface area (Å²) >= 11 is 0. The van der Waals surface area contributed by atoms with Gasteiger partial charge in [-0.25, -0.2) is 12.4 Å². The molecule has 6 rings (SSSR count). The molecule has 0 unspecified atom stereocenters. The standard InChI is InChI=1S/C30H33N5O5S/c1-3-40-27-23-11-16-35(41(37,38)20-21-7-5-4-6-8-21)26(23)32-29(33-27)31-24-10-9-22(19-25(24)39-2)28(36)34-17-14-30(12-13-30)15-18-34/h4-11,16,19H,3,12-15,17-18,20H2,1-2H3,(H,31,32,33). The van der Waals surface area contributed by atoms with Crippen LogP contribution in [0, 0.1) is 5.41 Å². The molecule has 1 N–H and O–H groups in total. The quantitative estimate of drug-likeness (QED) is 0.297. The molecule has 10 nitrogen and oxygen atoms in total. The van der Waals surface area contributed by atoms with Crippen LogP contribution >= 0.6 is 0 Å². The number of methoxy groups -OCH3 is 1. The molecule has 41 heavy (non-hydrogen) atoms. The Morgan fingerprint density at radius 2 is 1.78 bits per heavy atom. The van der Waals surface area contributed by atoms with Crippen molar-refractivity contribution in [2.45, 2.75) is 38.4 Å². The first-order chi connectivity index (χ1) is 19.8. The number of ether oxygens (including phenoxy) is 2. The number of carbonyl (C=O) groups excluding carboxylic acids is 1. The van der Waals surface area contributed by atoms with E-state index in [1.54, 1.807) is 48.5 Å². The van der Waals surface area contributed by atoms with E-state index in [-0.39, 0.29) is 29.1 Å². The Morgan fingerprint density at radius 3 is 2.46 bits per heavy atom. The van der Waals surface area contributed by atoms with Crippen LogP contribution in [0.15, 0.2) is 60.8 Å². The van der Waals surface area contributed by atoms with Crippen LogP contribution in [0.25, 0.3) is 11.0 Å². The van der Waals surface area contributed by atoms with Crippen LogP contribution < -0.4 is 14.8 Å². The second-order valence-electron chi connectivity index (χ2n) is 10.7. The molecular weight excluding hydrogens is 542 g/mol. The molecule has 0 radical (unpaired) electrons. The molecule has 1 saturated carbocycles. The van der Waals surface area contributed by atoms with Crippen molar-refractivity contribution in [3.63, 3.8) is 0 Å². The smallest absolute Gasteiger partial charge is 0.253 e. The Balaban J connectivity index is 1.29. The molecule has 0 bridgehead atoms. The van der Waals surface area contributed by atoms with Crippen molar-refractivity contribution in [2.75, 3.05) is 32.1 Å². The predicted octanol–water partition coefficient (Wildman–Crippen LogP) is 4.98. The first kappa shape index (κ1) is 27.1. The summed E-state index contributed by atoms with van der Waals surface area (Å²) in [5.74, 6) is 0.649. The highest BCUT2D eigenvalue weighted by Crippen LogP contribution is 2.53. The molecule has 3 heterocycles. The number of benzene rings is 2. The maximum Gasteiger partial charge on any atom is 0.253 e. The summed E-state index contributed by atoms with van der Waals surface area (Å²) in [4.78, 5) is 24.2. The fraction of sp³-hybridized carbons (Fsp3) is 0.367. The lowest BCUT2D eigenvalue weighted by Crippen LogP contribution is -2.39. The van der Waals surface area contributed by atoms with Crippen LogP contribution in [0.2, 0.25) is 0 Å². The summed E-state index contributed by atoms with van der Waals surface area (Å²) in [7, 11) is -2.25. The van der Waals surface area contributed by atoms with Gasteiger partial charge in [0.1, 0.15) is 5.75 Å². The van der Waals surface area contributed by atoms with Gasteiger partial charge in [0.05, 0.1) is 30.5 Å². The monoisotopic (exact) mass is 575 g/mol. The van der Waals surface area contributed by atoms with Gasteiger partial charge in [-0.1, -0.05) is 30.3 Å². The second-order valence-corrected chi connectivity index (χ2v) is 12.6. The maximum absolute atomic E-state index is 13.4. The van der Waals surface area contributed by atoms with Crippen LogP contribution in [0.4, 0.5) is 11.6 Å². The highest BCUT2D eigenvalue weighted by molar-refractivity contribution is 7.89. The highest BCUT2D eigenvalue weighted by Gasteiger charge is 2.45. The third-order valence-corrected chi connectivity index (χ3v) is 9.60. The van der Waals surface area contributed by atoms with Gasteiger partial charge in [-0.15, -0.1) is 0 Å². The van der Waals surface area contributed by atoms with Crippen molar-refractivity contribution in [3.8, 4) is 11.6 Å². The first-order valence-electron chi connectivity index (χ1n) is 13.8. The normalized spacial score (nSPS) is 16.1. The number of hydrogen-bond acceptors (Lipinski definition) is 8. The molecule has 2 fully saturated rings. The van der Waals surface area contributed by atoms with E-state index >= 15 is 0 Å². The number of hydrogen-bond donors (Lipinski definition) is 1. The van der Waals surface area contributed by atoms with E-state index in [0.717, 1.165) is 29.9 Å². The fourth-order valence-corrected chi connectivity index (χ4v) is 6.84. The van der Waals surface area contributed by atoms with E-state index in [2.05, 4.69) is 15.3 Å². The summed E-state index contributed by atoms with van der Waals surface area (Å²) in [6, 6.07) is 15.8. The summed E-state index contributed by atoms with van der Waals surface area (Å²) in [5, 5.41) is 3.62. The van der Waals surface area contributed by atoms with Crippen molar-refractivity contribution in [1.82, 2.24) is 18.8 Å². The molecular formula is C30H33N5O5S. The average molecular weight is 576 g/mol. The number of piperidine rings is 1. The zero-order chi connectivity index (χ0) is 28.6. The molecule has 2 aromatic heterocycles. The van der Waals surface area contributed by atoms with Crippen LogP contribution in [0.1, 0.15) is 48.5 Å². The van der Waals surface area contributed by atoms with Crippen molar-refractivity contribution >= 4 is 38.6 Å². The molecule has 0 atom stereocenters. The highest BCUT2D eigenvalue weighted by atomic mass is 32.2. The van der Waals surface area contributed by atoms with Gasteiger partial charge < -0.3 is 19.7 Å². The lowest BCUT2D eigenvalue weighted by molar-refractivity contribution is 0.0678. The Bertz CT molecular complexity index is 1690. The Hall–Kier alpha value is -4.12. The van der Waals surface area contributed by atoms with Gasteiger partial charge in [-0.2, -0.15) is 9.97 Å². The molecule has 1 amide bonds. The largest absolute Gasteiger partial charge is 0.495 e. The Morgan fingerprint density at radius 1 is 1.02 bits per heavy atom. The van der Waals surface area contributed by atoms with Gasteiger partial charge >= 0.3 is 0 Å². The van der Waals surface area contributed by atoms with Crippen molar-refractivity contribution in [2.24, 2.45) is 5.41 Å². The van der Waals surface area contributed by atoms with Crippen molar-refractivity contribution in [3.05, 3.63) is 71.9 Å². The van der Waals surface area contributed by atoms with Crippen LogP contribution in [-0.4, -0.2) is 60.0 Å². The van der Waals surface area contributed by atoms with E-state index in [9.17, 15) is 13.2 Å². The van der Waals surface area contributed by atoms with Gasteiger partial charge in [-0.3, -0.25) is 4.79 Å². The van der Waals surface area contributed by atoms with Crippen molar-refractivity contribution in [1.29, 1.82) is 0 Å². The zero-order valence-corrected chi connectivity index (χ0v) is 24.0. The predicted molar refractivity (Wildman–Crippen MR) is 156 cm³/mol. The average Bonchev–Trinajstić information content (AvgIpc) is 3.57. The van der Waals surface area contributed by atoms with Crippen LogP contribution in [0.5, 0.6) is 11.6 Å². The number of likely N-dealkylation sites (tertiary alicyclic amines) is 1. The third kappa shape index (κ3) is 5.46. The van der Waals surface area contributed by atoms with E-state index in [4.69, 9.17) is 9.47 Å². The fourth-order valence-electron chi connectivity index (χ4n) is 5.44. The van der Waals surface area contributed by atoms with Gasteiger partial charge in [0.25, 0.3) is 5.91 Å². The molecule has 4 aromatic rings. The molecule has 2 aromatic carbocycles. The lowest BCUT2D eigenvalue weighted by Gasteiger charge is -2.32. The van der Waals surface area contributed by atoms with Gasteiger partial charge in [0, 0.05) is 24.8 Å². The summed E-state index contributed by atoms with van der Waals surface area (Å²) < 4.78 is 39.3. The number of rotatable bonds is 9. The molecule has 2 aliphatic rings. The molecule has 1 spiro atoms. The molecule has 214 valence electrons. The van der Waals surface area contributed by atoms with Crippen molar-refractivity contribution < 1.29 is 22.7 Å². The maximum atomic E-state index is 13.4. The number of fused-ring (bicyclic) bond motifs is 1. The Labute approximate surface area is 239 Å². The number of amides is 1. The number of nitrogens with one attached hydrogen (secondary N) is 1. The van der Waals surface area contributed by atoms with Crippen LogP contribution in [0.3, 0.4) is 0 Å². The number of aromatic nitrogens is 3. The van der Waals surface area contributed by atoms with E-state index in [0.29, 0.717) is 40.0 Å². The summed E-state index contributed by atoms with van der Waals surface area (Å²) in [5.41, 5.74) is 2.44. The number of nitrogens with zero attached hydrogens (tertiary/aromatic N) is 4. The van der Waals surface area contributed by atoms with Gasteiger partial charge in [-0.05, 0) is 67.9 Å². The zero-order valence-electron chi connectivity index (χ0n) is 23.2. The topological polar surface area (TPSA) is 116 Å². The molecule has 1 aliphatic carbocycles. The van der Waals surface area contributed by atoms with Gasteiger partial charge in [0.2, 0.25) is 21.9 Å². The number of carbonyl (C=O) groups is 1. The van der Waals surface area contributed by atoms with Gasteiger partial charge in [0.15, 0.2) is 5.65 Å². The first-order valence-corrected chi connectivity index (χ1v) is 15.5. The molecule has 1 saturated heterocycles. The minimum atomic E-state index is -3.78. The summed E-state index contributed by atoms with van der Waals surface area (Å²) in [6.07, 6.45) is 6.18. The molecule has 1 aliphatic heterocycles. The van der Waals surface area contributed by atoms with Crippen LogP contribution in [-0.2, 0) is 15.8 Å². The lowest BCUT2D eigenvalue weighted by atomic mass is 9.93. The molecule has 11 heteroatoms. The van der Waals surface area contributed by atoms with E-state index < -0.39 is 10.0 Å². The van der Waals surface area contributed by atoms with E-state index in [1.165, 1.54) is 26.1 Å². The SMILES string of the molecule is CCOc1nc(Nc2ccc(C(=O)N3CCC4(CC3)CC4)cc2OC)nc2c1ccn2S(=O)(=O)Cc1ccccc1. The second kappa shape index (κ2) is 10.7. The summed E-state index contributed by atoms with van der Waals surface area (Å²) in [6.45, 7) is 3.73. The third-order valence-electron chi connectivity index (χ3n) is 8.01. The number of anilines is 2.